The molecule has 0 aromatic carbocycles. The summed E-state index contributed by atoms with van der Waals surface area (Å²) in [6, 6.07) is 0. The van der Waals surface area contributed by atoms with Crippen LogP contribution in [0.1, 0.15) is 32.6 Å². The molecule has 0 aliphatic carbocycles. The van der Waals surface area contributed by atoms with Crippen LogP contribution in [0.25, 0.3) is 0 Å². The molecule has 1 heterocycles. The van der Waals surface area contributed by atoms with Crippen LogP contribution in [0.2, 0.25) is 0 Å². The van der Waals surface area contributed by atoms with Crippen molar-refractivity contribution in [2.45, 2.75) is 32.6 Å². The minimum atomic E-state index is -0.697. The predicted octanol–water partition coefficient (Wildman–Crippen LogP) is 2.13. The van der Waals surface area contributed by atoms with Crippen LogP contribution in [0.4, 0.5) is 0 Å². The molecule has 4 heteroatoms. The van der Waals surface area contributed by atoms with Crippen molar-refractivity contribution in [1.29, 1.82) is 0 Å². The van der Waals surface area contributed by atoms with E-state index in [0.29, 0.717) is 25.2 Å². The Morgan fingerprint density at radius 3 is 3.00 bits per heavy atom. The van der Waals surface area contributed by atoms with Crippen LogP contribution < -0.4 is 0 Å². The summed E-state index contributed by atoms with van der Waals surface area (Å²) in [7, 11) is 0. The van der Waals surface area contributed by atoms with E-state index in [4.69, 9.17) is 9.94 Å². The number of allylic oxidation sites excluding steroid dienone is 1. The zero-order chi connectivity index (χ0) is 11.3. The van der Waals surface area contributed by atoms with Gasteiger partial charge in [-0.15, -0.1) is 6.58 Å². The van der Waals surface area contributed by atoms with E-state index in [0.717, 1.165) is 12.8 Å². The Kier molecular flexibility index (Phi) is 3.88. The van der Waals surface area contributed by atoms with Crippen LogP contribution in [0.15, 0.2) is 17.8 Å². The van der Waals surface area contributed by atoms with Gasteiger partial charge in [0.05, 0.1) is 12.3 Å². The summed E-state index contributed by atoms with van der Waals surface area (Å²) in [6.07, 6.45) is 4.80. The summed E-state index contributed by atoms with van der Waals surface area (Å²) in [5.41, 5.74) is -0.244. The van der Waals surface area contributed by atoms with Crippen LogP contribution in [-0.4, -0.2) is 23.5 Å². The molecule has 1 aliphatic heterocycles. The summed E-state index contributed by atoms with van der Waals surface area (Å²) in [6.45, 7) is 5.72. The smallest absolute Gasteiger partial charge is 0.318 e. The van der Waals surface area contributed by atoms with Crippen LogP contribution in [0.3, 0.4) is 0 Å². The lowest BCUT2D eigenvalue weighted by Crippen LogP contribution is -2.34. The second-order valence-electron chi connectivity index (χ2n) is 3.83. The highest BCUT2D eigenvalue weighted by Crippen LogP contribution is 2.37. The molecular formula is C11H17NO3. The van der Waals surface area contributed by atoms with Crippen molar-refractivity contribution in [2.24, 2.45) is 10.6 Å². The van der Waals surface area contributed by atoms with Gasteiger partial charge >= 0.3 is 5.97 Å². The standard InChI is InChI=1S/C11H17NO3/c1-3-4-5-6-11(9(2)12-14)7-8-15-10(11)13/h3,14H,1,4-8H2,2H3/b12-9+. The van der Waals surface area contributed by atoms with E-state index >= 15 is 0 Å². The number of hydrogen-bond donors (Lipinski definition) is 1. The van der Waals surface area contributed by atoms with Gasteiger partial charge in [-0.1, -0.05) is 11.2 Å². The normalized spacial score (nSPS) is 26.5. The summed E-state index contributed by atoms with van der Waals surface area (Å²) in [4.78, 5) is 11.7. The average molecular weight is 211 g/mol. The topological polar surface area (TPSA) is 58.9 Å². The molecule has 1 unspecified atom stereocenters. The molecule has 0 bridgehead atoms. The van der Waals surface area contributed by atoms with Crippen LogP contribution in [0, 0.1) is 5.41 Å². The Labute approximate surface area is 89.6 Å². The summed E-state index contributed by atoms with van der Waals surface area (Å²) < 4.78 is 4.97. The third-order valence-electron chi connectivity index (χ3n) is 3.01. The van der Waals surface area contributed by atoms with Gasteiger partial charge < -0.3 is 9.94 Å². The molecule has 0 aromatic heterocycles. The number of carbonyl (C=O) groups is 1. The molecule has 0 amide bonds. The Morgan fingerprint density at radius 2 is 2.53 bits per heavy atom. The van der Waals surface area contributed by atoms with Crippen molar-refractivity contribution in [3.05, 3.63) is 12.7 Å². The zero-order valence-electron chi connectivity index (χ0n) is 9.03. The Morgan fingerprint density at radius 1 is 1.80 bits per heavy atom. The molecule has 0 radical (unpaired) electrons. The van der Waals surface area contributed by atoms with E-state index < -0.39 is 5.41 Å². The van der Waals surface area contributed by atoms with Crippen molar-refractivity contribution in [2.75, 3.05) is 6.61 Å². The van der Waals surface area contributed by atoms with E-state index in [9.17, 15) is 4.79 Å². The van der Waals surface area contributed by atoms with Crippen molar-refractivity contribution < 1.29 is 14.7 Å². The number of cyclic esters (lactones) is 1. The molecule has 1 fully saturated rings. The number of carbonyl (C=O) groups excluding carboxylic acids is 1. The number of nitrogens with zero attached hydrogens (tertiary/aromatic N) is 1. The maximum Gasteiger partial charge on any atom is 0.318 e. The first-order valence-electron chi connectivity index (χ1n) is 5.14. The van der Waals surface area contributed by atoms with E-state index in [1.807, 2.05) is 6.08 Å². The predicted molar refractivity (Wildman–Crippen MR) is 57.0 cm³/mol. The number of ether oxygens (including phenoxy) is 1. The van der Waals surface area contributed by atoms with E-state index in [1.165, 1.54) is 0 Å². The average Bonchev–Trinajstić information content (AvgIpc) is 2.61. The number of hydrogen-bond acceptors (Lipinski definition) is 4. The number of esters is 1. The lowest BCUT2D eigenvalue weighted by molar-refractivity contribution is -0.143. The third kappa shape index (κ3) is 2.19. The van der Waals surface area contributed by atoms with Crippen molar-refractivity contribution >= 4 is 11.7 Å². The Balaban J connectivity index is 2.77. The van der Waals surface area contributed by atoms with Gasteiger partial charge in [-0.25, -0.2) is 0 Å². The molecule has 1 aliphatic rings. The monoisotopic (exact) mass is 211 g/mol. The van der Waals surface area contributed by atoms with Gasteiger partial charge in [-0.3, -0.25) is 4.79 Å². The summed E-state index contributed by atoms with van der Waals surface area (Å²) in [5.74, 6) is -0.262. The molecule has 1 N–H and O–H groups in total. The van der Waals surface area contributed by atoms with Crippen LogP contribution in [0.5, 0.6) is 0 Å². The molecule has 1 saturated heterocycles. The highest BCUT2D eigenvalue weighted by Gasteiger charge is 2.46. The molecule has 0 aromatic rings. The minimum Gasteiger partial charge on any atom is -0.465 e. The molecule has 0 spiro atoms. The van der Waals surface area contributed by atoms with Gasteiger partial charge in [-0.2, -0.15) is 0 Å². The molecule has 15 heavy (non-hydrogen) atoms. The van der Waals surface area contributed by atoms with Gasteiger partial charge in [0.2, 0.25) is 0 Å². The third-order valence-corrected chi connectivity index (χ3v) is 3.01. The number of rotatable bonds is 5. The summed E-state index contributed by atoms with van der Waals surface area (Å²) >= 11 is 0. The minimum absolute atomic E-state index is 0.262. The molecular weight excluding hydrogens is 194 g/mol. The van der Waals surface area contributed by atoms with Crippen molar-refractivity contribution in [3.63, 3.8) is 0 Å². The first-order chi connectivity index (χ1) is 7.17. The highest BCUT2D eigenvalue weighted by molar-refractivity contribution is 6.06. The second kappa shape index (κ2) is 4.96. The van der Waals surface area contributed by atoms with E-state index in [2.05, 4.69) is 11.7 Å². The fraction of sp³-hybridized carbons (Fsp3) is 0.636. The fourth-order valence-corrected chi connectivity index (χ4v) is 1.94. The van der Waals surface area contributed by atoms with Gasteiger partial charge in [0, 0.05) is 6.42 Å². The maximum absolute atomic E-state index is 11.7. The van der Waals surface area contributed by atoms with E-state index in [1.54, 1.807) is 6.92 Å². The molecule has 84 valence electrons. The van der Waals surface area contributed by atoms with Gasteiger partial charge in [0.25, 0.3) is 0 Å². The lowest BCUT2D eigenvalue weighted by Gasteiger charge is -2.22. The molecule has 0 saturated carbocycles. The lowest BCUT2D eigenvalue weighted by atomic mass is 9.77. The second-order valence-corrected chi connectivity index (χ2v) is 3.83. The Hall–Kier alpha value is -1.32. The van der Waals surface area contributed by atoms with Gasteiger partial charge in [0.15, 0.2) is 0 Å². The van der Waals surface area contributed by atoms with Gasteiger partial charge in [0.1, 0.15) is 5.41 Å². The molecule has 1 rings (SSSR count). The number of oxime groups is 1. The highest BCUT2D eigenvalue weighted by atomic mass is 16.5. The summed E-state index contributed by atoms with van der Waals surface area (Å²) in [5, 5.41) is 12.0. The molecule has 1 atom stereocenters. The van der Waals surface area contributed by atoms with Crippen molar-refractivity contribution in [3.8, 4) is 0 Å². The largest absolute Gasteiger partial charge is 0.465 e. The first-order valence-corrected chi connectivity index (χ1v) is 5.14. The zero-order valence-corrected chi connectivity index (χ0v) is 9.03. The van der Waals surface area contributed by atoms with Crippen LogP contribution in [-0.2, 0) is 9.53 Å². The maximum atomic E-state index is 11.7. The quantitative estimate of drug-likeness (QED) is 0.189. The SMILES string of the molecule is C=CCCCC1(/C(C)=N/O)CCOC1=O. The molecule has 4 nitrogen and oxygen atoms in total. The fourth-order valence-electron chi connectivity index (χ4n) is 1.94. The first kappa shape index (κ1) is 11.8. The van der Waals surface area contributed by atoms with Gasteiger partial charge in [-0.05, 0) is 26.2 Å². The van der Waals surface area contributed by atoms with Crippen LogP contribution >= 0.6 is 0 Å². The number of unbranched alkanes of at least 4 members (excludes halogenated alkanes) is 1. The van der Waals surface area contributed by atoms with E-state index in [-0.39, 0.29) is 5.97 Å². The van der Waals surface area contributed by atoms with Crippen molar-refractivity contribution in [1.82, 2.24) is 0 Å². The Bertz CT molecular complexity index is 286.